The minimum atomic E-state index is -0.215. The molecule has 0 aliphatic carbocycles. The first-order valence-corrected chi connectivity index (χ1v) is 6.12. The van der Waals surface area contributed by atoms with E-state index in [0.717, 1.165) is 10.2 Å². The van der Waals surface area contributed by atoms with Crippen molar-refractivity contribution >= 4 is 21.8 Å². The van der Waals surface area contributed by atoms with Crippen LogP contribution in [0.25, 0.3) is 5.69 Å². The number of halogens is 1. The van der Waals surface area contributed by atoms with Gasteiger partial charge < -0.3 is 11.1 Å². The Morgan fingerprint density at radius 3 is 2.78 bits per heavy atom. The van der Waals surface area contributed by atoms with Crippen LogP contribution in [0.3, 0.4) is 0 Å². The molecule has 0 saturated heterocycles. The molecule has 0 spiro atoms. The fourth-order valence-corrected chi connectivity index (χ4v) is 1.63. The van der Waals surface area contributed by atoms with Gasteiger partial charge in [0.05, 0.1) is 25.0 Å². The summed E-state index contributed by atoms with van der Waals surface area (Å²) in [6.07, 6.45) is 1.76. The summed E-state index contributed by atoms with van der Waals surface area (Å²) in [5.41, 5.74) is 6.77. The van der Waals surface area contributed by atoms with Crippen molar-refractivity contribution in [2.45, 2.75) is 6.54 Å². The van der Waals surface area contributed by atoms with Gasteiger partial charge in [-0.2, -0.15) is 0 Å². The van der Waals surface area contributed by atoms with Gasteiger partial charge in [0, 0.05) is 4.47 Å². The lowest BCUT2D eigenvalue weighted by molar-refractivity contribution is -0.119. The van der Waals surface area contributed by atoms with Crippen molar-refractivity contribution in [3.8, 4) is 5.69 Å². The highest BCUT2D eigenvalue weighted by molar-refractivity contribution is 9.10. The van der Waals surface area contributed by atoms with Crippen LogP contribution in [0, 0.1) is 0 Å². The summed E-state index contributed by atoms with van der Waals surface area (Å²) in [5.74, 6) is -0.215. The molecule has 0 aliphatic rings. The van der Waals surface area contributed by atoms with Gasteiger partial charge in [-0.25, -0.2) is 4.68 Å². The van der Waals surface area contributed by atoms with Crippen LogP contribution >= 0.6 is 15.9 Å². The molecule has 0 saturated carbocycles. The Morgan fingerprint density at radius 1 is 1.39 bits per heavy atom. The van der Waals surface area contributed by atoms with Crippen molar-refractivity contribution < 1.29 is 4.79 Å². The van der Waals surface area contributed by atoms with E-state index in [1.165, 1.54) is 0 Å². The topological polar surface area (TPSA) is 85.8 Å². The molecule has 6 nitrogen and oxygen atoms in total. The third kappa shape index (κ3) is 3.14. The second kappa shape index (κ2) is 5.74. The van der Waals surface area contributed by atoms with E-state index in [4.69, 9.17) is 5.73 Å². The fourth-order valence-electron chi connectivity index (χ4n) is 1.36. The molecule has 0 fully saturated rings. The molecule has 1 aromatic carbocycles. The third-order valence-electron chi connectivity index (χ3n) is 2.28. The van der Waals surface area contributed by atoms with Crippen molar-refractivity contribution in [3.05, 3.63) is 40.6 Å². The molecule has 0 radical (unpaired) electrons. The van der Waals surface area contributed by atoms with Crippen molar-refractivity contribution in [3.63, 3.8) is 0 Å². The molecule has 2 aromatic rings. The number of rotatable bonds is 4. The number of amides is 1. The van der Waals surface area contributed by atoms with Crippen LogP contribution in [-0.4, -0.2) is 27.4 Å². The number of nitrogens with one attached hydrogen (secondary N) is 1. The largest absolute Gasteiger partial charge is 0.349 e. The first-order chi connectivity index (χ1) is 8.69. The van der Waals surface area contributed by atoms with E-state index >= 15 is 0 Å². The molecular formula is C11H12BrN5O. The lowest BCUT2D eigenvalue weighted by Gasteiger charge is -2.00. The summed E-state index contributed by atoms with van der Waals surface area (Å²) in [6.45, 7) is 0.299. The second-order valence-electron chi connectivity index (χ2n) is 3.61. The lowest BCUT2D eigenvalue weighted by Crippen LogP contribution is -2.29. The maximum Gasteiger partial charge on any atom is 0.234 e. The monoisotopic (exact) mass is 309 g/mol. The van der Waals surface area contributed by atoms with E-state index < -0.39 is 0 Å². The average Bonchev–Trinajstić information content (AvgIpc) is 2.85. The number of nitrogens with two attached hydrogens (primary N) is 1. The highest BCUT2D eigenvalue weighted by Gasteiger charge is 2.04. The predicted molar refractivity (Wildman–Crippen MR) is 70.0 cm³/mol. The quantitative estimate of drug-likeness (QED) is 0.866. The summed E-state index contributed by atoms with van der Waals surface area (Å²) in [6, 6.07) is 7.68. The number of benzene rings is 1. The summed E-state index contributed by atoms with van der Waals surface area (Å²) < 4.78 is 2.65. The summed E-state index contributed by atoms with van der Waals surface area (Å²) in [7, 11) is 0. The summed E-state index contributed by atoms with van der Waals surface area (Å²) in [5, 5.41) is 10.6. The van der Waals surface area contributed by atoms with Gasteiger partial charge in [-0.3, -0.25) is 4.79 Å². The maximum atomic E-state index is 11.0. The van der Waals surface area contributed by atoms with Crippen molar-refractivity contribution in [1.29, 1.82) is 0 Å². The molecule has 0 unspecified atom stereocenters. The zero-order valence-electron chi connectivity index (χ0n) is 9.51. The van der Waals surface area contributed by atoms with E-state index in [1.54, 1.807) is 10.9 Å². The normalized spacial score (nSPS) is 10.3. The maximum absolute atomic E-state index is 11.0. The average molecular weight is 310 g/mol. The van der Waals surface area contributed by atoms with Crippen LogP contribution in [0.2, 0.25) is 0 Å². The fraction of sp³-hybridized carbons (Fsp3) is 0.182. The number of hydrogen-bond acceptors (Lipinski definition) is 4. The molecule has 18 heavy (non-hydrogen) atoms. The lowest BCUT2D eigenvalue weighted by atomic mass is 10.3. The molecule has 1 aromatic heterocycles. The van der Waals surface area contributed by atoms with Gasteiger partial charge in [0.2, 0.25) is 5.91 Å². The molecule has 0 atom stereocenters. The first kappa shape index (κ1) is 12.7. The summed E-state index contributed by atoms with van der Waals surface area (Å²) in [4.78, 5) is 11.0. The van der Waals surface area contributed by atoms with Gasteiger partial charge in [-0.15, -0.1) is 5.10 Å². The molecule has 0 aliphatic heterocycles. The minimum Gasteiger partial charge on any atom is -0.349 e. The van der Waals surface area contributed by atoms with Crippen LogP contribution < -0.4 is 11.1 Å². The SMILES string of the molecule is NCC(=O)NCc1cn(-c2ccc(Br)cc2)nn1. The number of carbonyl (C=O) groups is 1. The van der Waals surface area contributed by atoms with E-state index in [-0.39, 0.29) is 12.5 Å². The molecule has 0 bridgehead atoms. The van der Waals surface area contributed by atoms with Gasteiger partial charge in [0.1, 0.15) is 5.69 Å². The predicted octanol–water partition coefficient (Wildman–Crippen LogP) is 0.605. The highest BCUT2D eigenvalue weighted by atomic mass is 79.9. The zero-order chi connectivity index (χ0) is 13.0. The van der Waals surface area contributed by atoms with E-state index in [1.807, 2.05) is 24.3 Å². The Morgan fingerprint density at radius 2 is 2.11 bits per heavy atom. The number of aromatic nitrogens is 3. The van der Waals surface area contributed by atoms with Gasteiger partial charge in [-0.1, -0.05) is 21.1 Å². The van der Waals surface area contributed by atoms with Crippen LogP contribution in [0.1, 0.15) is 5.69 Å². The van der Waals surface area contributed by atoms with Crippen LogP contribution in [0.4, 0.5) is 0 Å². The molecule has 2 rings (SSSR count). The van der Waals surface area contributed by atoms with Crippen molar-refractivity contribution in [2.24, 2.45) is 5.73 Å². The van der Waals surface area contributed by atoms with E-state index in [2.05, 4.69) is 31.6 Å². The molecule has 94 valence electrons. The van der Waals surface area contributed by atoms with Gasteiger partial charge in [0.25, 0.3) is 0 Å². The van der Waals surface area contributed by atoms with Gasteiger partial charge >= 0.3 is 0 Å². The highest BCUT2D eigenvalue weighted by Crippen LogP contribution is 2.13. The summed E-state index contributed by atoms with van der Waals surface area (Å²) >= 11 is 3.37. The van der Waals surface area contributed by atoms with E-state index in [9.17, 15) is 4.79 Å². The number of nitrogens with zero attached hydrogens (tertiary/aromatic N) is 3. The zero-order valence-corrected chi connectivity index (χ0v) is 11.1. The minimum absolute atomic E-state index is 0.0269. The third-order valence-corrected chi connectivity index (χ3v) is 2.81. The first-order valence-electron chi connectivity index (χ1n) is 5.33. The molecule has 1 amide bonds. The molecule has 3 N–H and O–H groups in total. The Bertz CT molecular complexity index is 537. The standard InChI is InChI=1S/C11H12BrN5O/c12-8-1-3-10(4-2-8)17-7-9(15-16-17)6-14-11(18)5-13/h1-4,7H,5-6,13H2,(H,14,18). The number of hydrogen-bond donors (Lipinski definition) is 2. The Balaban J connectivity index is 2.06. The molecule has 1 heterocycles. The smallest absolute Gasteiger partial charge is 0.234 e. The number of carbonyl (C=O) groups excluding carboxylic acids is 1. The van der Waals surface area contributed by atoms with Crippen molar-refractivity contribution in [1.82, 2.24) is 20.3 Å². The Hall–Kier alpha value is -1.73. The van der Waals surface area contributed by atoms with E-state index in [0.29, 0.717) is 12.2 Å². The van der Waals surface area contributed by atoms with Gasteiger partial charge in [-0.05, 0) is 24.3 Å². The van der Waals surface area contributed by atoms with Crippen molar-refractivity contribution in [2.75, 3.05) is 6.54 Å². The molecule has 7 heteroatoms. The van der Waals surface area contributed by atoms with Crippen LogP contribution in [0.15, 0.2) is 34.9 Å². The van der Waals surface area contributed by atoms with Gasteiger partial charge in [0.15, 0.2) is 0 Å². The van der Waals surface area contributed by atoms with Crippen LogP contribution in [-0.2, 0) is 11.3 Å². The molecular weight excluding hydrogens is 298 g/mol. The van der Waals surface area contributed by atoms with Crippen LogP contribution in [0.5, 0.6) is 0 Å². The Labute approximate surface area is 112 Å². The Kier molecular flexibility index (Phi) is 4.06. The second-order valence-corrected chi connectivity index (χ2v) is 4.53.